The van der Waals surface area contributed by atoms with Crippen molar-refractivity contribution in [1.82, 2.24) is 10.2 Å². The van der Waals surface area contributed by atoms with E-state index in [-0.39, 0.29) is 11.7 Å². The summed E-state index contributed by atoms with van der Waals surface area (Å²) < 4.78 is 5.74. The molecule has 104 valence electrons. The zero-order valence-electron chi connectivity index (χ0n) is 11.0. The molecule has 3 N–H and O–H groups in total. The summed E-state index contributed by atoms with van der Waals surface area (Å²) in [5.74, 6) is 0.678. The summed E-state index contributed by atoms with van der Waals surface area (Å²) in [7, 11) is 0. The Morgan fingerprint density at radius 2 is 2.00 bits per heavy atom. The predicted molar refractivity (Wildman–Crippen MR) is 75.5 cm³/mol. The largest absolute Gasteiger partial charge is 0.436 e. The number of amidine groups is 1. The van der Waals surface area contributed by atoms with Crippen molar-refractivity contribution in [3.8, 4) is 11.6 Å². The van der Waals surface area contributed by atoms with Crippen LogP contribution in [0, 0.1) is 13.8 Å². The first-order valence-electron chi connectivity index (χ1n) is 5.77. The molecule has 0 bridgehead atoms. The highest BCUT2D eigenvalue weighted by Crippen LogP contribution is 2.31. The molecule has 0 fully saturated rings. The van der Waals surface area contributed by atoms with E-state index in [2.05, 4.69) is 15.4 Å². The first-order chi connectivity index (χ1) is 9.52. The van der Waals surface area contributed by atoms with Gasteiger partial charge in [0.1, 0.15) is 5.75 Å². The van der Waals surface area contributed by atoms with Gasteiger partial charge in [0.2, 0.25) is 5.88 Å². The highest BCUT2D eigenvalue weighted by molar-refractivity contribution is 6.30. The van der Waals surface area contributed by atoms with Gasteiger partial charge in [-0.25, -0.2) is 0 Å². The van der Waals surface area contributed by atoms with Gasteiger partial charge in [0, 0.05) is 5.02 Å². The molecule has 0 unspecified atom stereocenters. The van der Waals surface area contributed by atoms with E-state index in [1.54, 1.807) is 18.2 Å². The van der Waals surface area contributed by atoms with Crippen molar-refractivity contribution in [3.05, 3.63) is 46.1 Å². The van der Waals surface area contributed by atoms with Crippen LogP contribution in [-0.4, -0.2) is 21.2 Å². The average Bonchev–Trinajstić information content (AvgIpc) is 2.42. The van der Waals surface area contributed by atoms with Gasteiger partial charge >= 0.3 is 0 Å². The van der Waals surface area contributed by atoms with Crippen LogP contribution in [0.2, 0.25) is 5.02 Å². The topological polar surface area (TPSA) is 93.6 Å². The molecule has 1 aromatic heterocycles. The highest BCUT2D eigenvalue weighted by atomic mass is 35.5. The maximum atomic E-state index is 8.77. The number of ether oxygens (including phenoxy) is 1. The van der Waals surface area contributed by atoms with Crippen molar-refractivity contribution in [3.63, 3.8) is 0 Å². The van der Waals surface area contributed by atoms with Crippen LogP contribution < -0.4 is 10.5 Å². The standard InChI is InChI=1S/C13H13ClN4O2/c1-7-5-9(14)6-8(2)11(7)20-13-10(12(15)18-19)3-4-16-17-13/h3-6,19H,1-2H3,(H2,15,18). The number of nitrogens with two attached hydrogens (primary N) is 1. The molecule has 0 amide bonds. The lowest BCUT2D eigenvalue weighted by Gasteiger charge is -2.13. The zero-order chi connectivity index (χ0) is 14.7. The van der Waals surface area contributed by atoms with Gasteiger partial charge in [0.05, 0.1) is 11.8 Å². The fraction of sp³-hybridized carbons (Fsp3) is 0.154. The van der Waals surface area contributed by atoms with Crippen molar-refractivity contribution in [2.45, 2.75) is 13.8 Å². The van der Waals surface area contributed by atoms with Crippen molar-refractivity contribution in [2.75, 3.05) is 0 Å². The van der Waals surface area contributed by atoms with Gasteiger partial charge in [0.25, 0.3) is 0 Å². The first kappa shape index (κ1) is 14.1. The number of aryl methyl sites for hydroxylation is 2. The molecule has 1 aromatic carbocycles. The second kappa shape index (κ2) is 5.75. The highest BCUT2D eigenvalue weighted by Gasteiger charge is 2.14. The molecular formula is C13H13ClN4O2. The number of nitrogens with zero attached hydrogens (tertiary/aromatic N) is 3. The molecule has 6 nitrogen and oxygen atoms in total. The SMILES string of the molecule is Cc1cc(Cl)cc(C)c1Oc1nnccc1/C(N)=N/O. The van der Waals surface area contributed by atoms with E-state index in [1.165, 1.54) is 6.20 Å². The molecule has 0 aliphatic carbocycles. The van der Waals surface area contributed by atoms with E-state index in [0.29, 0.717) is 16.3 Å². The molecule has 7 heteroatoms. The van der Waals surface area contributed by atoms with E-state index in [4.69, 9.17) is 27.3 Å². The Kier molecular flexibility index (Phi) is 4.05. The Balaban J connectivity index is 2.46. The molecule has 2 rings (SSSR count). The Bertz CT molecular complexity index is 650. The van der Waals surface area contributed by atoms with Crippen LogP contribution in [0.25, 0.3) is 0 Å². The van der Waals surface area contributed by atoms with Crippen LogP contribution in [0.15, 0.2) is 29.6 Å². The summed E-state index contributed by atoms with van der Waals surface area (Å²) in [5, 5.41) is 20.0. The van der Waals surface area contributed by atoms with Crippen LogP contribution in [0.3, 0.4) is 0 Å². The minimum atomic E-state index is -0.0980. The third-order valence-electron chi connectivity index (χ3n) is 2.69. The van der Waals surface area contributed by atoms with Crippen molar-refractivity contribution in [2.24, 2.45) is 10.9 Å². The van der Waals surface area contributed by atoms with Crippen LogP contribution in [-0.2, 0) is 0 Å². The number of rotatable bonds is 3. The fourth-order valence-corrected chi connectivity index (χ4v) is 2.13. The number of oxime groups is 1. The average molecular weight is 293 g/mol. The van der Waals surface area contributed by atoms with Gasteiger partial charge in [-0.2, -0.15) is 5.10 Å². The summed E-state index contributed by atoms with van der Waals surface area (Å²) >= 11 is 5.97. The van der Waals surface area contributed by atoms with Crippen molar-refractivity contribution >= 4 is 17.4 Å². The number of hydrogen-bond donors (Lipinski definition) is 2. The Morgan fingerprint density at radius 1 is 1.35 bits per heavy atom. The summed E-state index contributed by atoms with van der Waals surface area (Å²) in [6.07, 6.45) is 1.43. The second-order valence-corrected chi connectivity index (χ2v) is 4.64. The van der Waals surface area contributed by atoms with Gasteiger partial charge in [-0.3, -0.25) is 0 Å². The van der Waals surface area contributed by atoms with Gasteiger partial charge < -0.3 is 15.7 Å². The summed E-state index contributed by atoms with van der Waals surface area (Å²) in [5.41, 5.74) is 7.64. The molecule has 0 aliphatic heterocycles. The van der Waals surface area contributed by atoms with E-state index < -0.39 is 0 Å². The van der Waals surface area contributed by atoms with E-state index >= 15 is 0 Å². The molecule has 0 spiro atoms. The van der Waals surface area contributed by atoms with Crippen LogP contribution in [0.1, 0.15) is 16.7 Å². The summed E-state index contributed by atoms with van der Waals surface area (Å²) in [4.78, 5) is 0. The van der Waals surface area contributed by atoms with Crippen LogP contribution in [0.5, 0.6) is 11.6 Å². The molecular weight excluding hydrogens is 280 g/mol. The normalized spacial score (nSPS) is 11.4. The molecule has 0 atom stereocenters. The monoisotopic (exact) mass is 292 g/mol. The number of aromatic nitrogens is 2. The smallest absolute Gasteiger partial charge is 0.250 e. The molecule has 0 aliphatic rings. The minimum absolute atomic E-state index is 0.0980. The lowest BCUT2D eigenvalue weighted by Crippen LogP contribution is -2.15. The Morgan fingerprint density at radius 3 is 2.60 bits per heavy atom. The molecule has 2 aromatic rings. The minimum Gasteiger partial charge on any atom is -0.436 e. The third-order valence-corrected chi connectivity index (χ3v) is 2.91. The quantitative estimate of drug-likeness (QED) is 0.392. The molecule has 20 heavy (non-hydrogen) atoms. The maximum absolute atomic E-state index is 8.77. The Hall–Kier alpha value is -2.34. The first-order valence-corrected chi connectivity index (χ1v) is 6.15. The van der Waals surface area contributed by atoms with Gasteiger partial charge in [-0.1, -0.05) is 16.8 Å². The van der Waals surface area contributed by atoms with E-state index in [9.17, 15) is 0 Å². The van der Waals surface area contributed by atoms with Crippen molar-refractivity contribution in [1.29, 1.82) is 0 Å². The Labute approximate surface area is 120 Å². The molecule has 0 radical (unpaired) electrons. The van der Waals surface area contributed by atoms with Crippen molar-refractivity contribution < 1.29 is 9.94 Å². The van der Waals surface area contributed by atoms with Crippen LogP contribution in [0.4, 0.5) is 0 Å². The van der Waals surface area contributed by atoms with Gasteiger partial charge in [-0.15, -0.1) is 5.10 Å². The van der Waals surface area contributed by atoms with Crippen LogP contribution >= 0.6 is 11.6 Å². The fourth-order valence-electron chi connectivity index (χ4n) is 1.80. The zero-order valence-corrected chi connectivity index (χ0v) is 11.7. The third kappa shape index (κ3) is 2.80. The van der Waals surface area contributed by atoms with E-state index in [0.717, 1.165) is 11.1 Å². The summed E-state index contributed by atoms with van der Waals surface area (Å²) in [6, 6.07) is 5.12. The lowest BCUT2D eigenvalue weighted by molar-refractivity contribution is 0.318. The molecule has 0 saturated heterocycles. The second-order valence-electron chi connectivity index (χ2n) is 4.21. The maximum Gasteiger partial charge on any atom is 0.250 e. The molecule has 0 saturated carbocycles. The molecule has 1 heterocycles. The number of benzene rings is 1. The van der Waals surface area contributed by atoms with Gasteiger partial charge in [0.15, 0.2) is 5.84 Å². The number of halogens is 1. The number of hydrogen-bond acceptors (Lipinski definition) is 5. The van der Waals surface area contributed by atoms with E-state index in [1.807, 2.05) is 13.8 Å². The summed E-state index contributed by atoms with van der Waals surface area (Å²) in [6.45, 7) is 3.74. The van der Waals surface area contributed by atoms with Gasteiger partial charge in [-0.05, 0) is 43.2 Å². The lowest BCUT2D eigenvalue weighted by atomic mass is 10.1. The predicted octanol–water partition coefficient (Wildman–Crippen LogP) is 2.63.